The van der Waals surface area contributed by atoms with E-state index in [-0.39, 0.29) is 11.8 Å². The molecular formula is C22H26N2O3. The van der Waals surface area contributed by atoms with Gasteiger partial charge in [-0.25, -0.2) is 0 Å². The fraction of sp³-hybridized carbons (Fsp3) is 0.364. The highest BCUT2D eigenvalue weighted by Crippen LogP contribution is 2.16. The molecule has 2 amide bonds. The average Bonchev–Trinajstić information content (AvgIpc) is 3.09. The zero-order chi connectivity index (χ0) is 19.1. The minimum absolute atomic E-state index is 0.115. The number of hydrogen-bond acceptors (Lipinski definition) is 3. The summed E-state index contributed by atoms with van der Waals surface area (Å²) in [5, 5.41) is 2.99. The van der Waals surface area contributed by atoms with Crippen LogP contribution < -0.4 is 5.32 Å². The molecule has 0 radical (unpaired) electrons. The van der Waals surface area contributed by atoms with E-state index < -0.39 is 0 Å². The van der Waals surface area contributed by atoms with Crippen LogP contribution in [0.25, 0.3) is 0 Å². The number of carbonyl (C=O) groups is 2. The van der Waals surface area contributed by atoms with Gasteiger partial charge in [-0.15, -0.1) is 0 Å². The standard InChI is InChI=1S/C22H26N2O3/c1-2-27-16-20-9-4-3-8-19(20)14-23-22(26)18-10-5-7-17(13-18)15-24-12-6-11-21(24)25/h3-5,7-10,13H,2,6,11-12,14-16H2,1H3,(H,23,26). The lowest BCUT2D eigenvalue weighted by Gasteiger charge is -2.16. The van der Waals surface area contributed by atoms with Gasteiger partial charge in [0.25, 0.3) is 5.91 Å². The Balaban J connectivity index is 1.61. The van der Waals surface area contributed by atoms with E-state index in [2.05, 4.69) is 5.32 Å². The van der Waals surface area contributed by atoms with Crippen LogP contribution in [0, 0.1) is 0 Å². The maximum atomic E-state index is 12.6. The summed E-state index contributed by atoms with van der Waals surface area (Å²) in [4.78, 5) is 26.2. The Kier molecular flexibility index (Phi) is 6.60. The zero-order valence-electron chi connectivity index (χ0n) is 15.7. The highest BCUT2D eigenvalue weighted by molar-refractivity contribution is 5.94. The topological polar surface area (TPSA) is 58.6 Å². The van der Waals surface area contributed by atoms with Gasteiger partial charge in [0, 0.05) is 38.2 Å². The van der Waals surface area contributed by atoms with Gasteiger partial charge in [0.05, 0.1) is 6.61 Å². The second kappa shape index (κ2) is 9.33. The molecule has 0 unspecified atom stereocenters. The number of benzene rings is 2. The Morgan fingerprint density at radius 1 is 1.15 bits per heavy atom. The van der Waals surface area contributed by atoms with Crippen molar-refractivity contribution >= 4 is 11.8 Å². The van der Waals surface area contributed by atoms with E-state index in [0.29, 0.717) is 38.3 Å². The predicted octanol–water partition coefficient (Wildman–Crippen LogP) is 3.28. The molecule has 0 spiro atoms. The van der Waals surface area contributed by atoms with Crippen molar-refractivity contribution < 1.29 is 14.3 Å². The largest absolute Gasteiger partial charge is 0.377 e. The number of amides is 2. The van der Waals surface area contributed by atoms with E-state index in [1.54, 1.807) is 6.07 Å². The molecule has 0 atom stereocenters. The van der Waals surface area contributed by atoms with Crippen molar-refractivity contribution in [3.63, 3.8) is 0 Å². The third kappa shape index (κ3) is 5.17. The van der Waals surface area contributed by atoms with Crippen LogP contribution >= 0.6 is 0 Å². The SMILES string of the molecule is CCOCc1ccccc1CNC(=O)c1cccc(CN2CCCC2=O)c1. The van der Waals surface area contributed by atoms with Crippen molar-refractivity contribution in [3.05, 3.63) is 70.8 Å². The first-order chi connectivity index (χ1) is 13.2. The summed E-state index contributed by atoms with van der Waals surface area (Å²) < 4.78 is 5.49. The maximum absolute atomic E-state index is 12.6. The third-order valence-corrected chi connectivity index (χ3v) is 4.75. The van der Waals surface area contributed by atoms with Gasteiger partial charge >= 0.3 is 0 Å². The molecule has 3 rings (SSSR count). The molecule has 1 heterocycles. The second-order valence-corrected chi connectivity index (χ2v) is 6.71. The fourth-order valence-corrected chi connectivity index (χ4v) is 3.26. The van der Waals surface area contributed by atoms with E-state index in [9.17, 15) is 9.59 Å². The molecule has 0 aromatic heterocycles. The van der Waals surface area contributed by atoms with Crippen LogP contribution in [-0.4, -0.2) is 29.9 Å². The summed E-state index contributed by atoms with van der Waals surface area (Å²) in [6.45, 7) is 4.99. The van der Waals surface area contributed by atoms with E-state index in [0.717, 1.165) is 29.7 Å². The molecule has 0 saturated carbocycles. The number of nitrogens with zero attached hydrogens (tertiary/aromatic N) is 1. The minimum Gasteiger partial charge on any atom is -0.377 e. The lowest BCUT2D eigenvalue weighted by molar-refractivity contribution is -0.128. The highest BCUT2D eigenvalue weighted by Gasteiger charge is 2.20. The van der Waals surface area contributed by atoms with Gasteiger partial charge in [-0.3, -0.25) is 9.59 Å². The van der Waals surface area contributed by atoms with Crippen LogP contribution in [0.1, 0.15) is 46.8 Å². The van der Waals surface area contributed by atoms with Crippen LogP contribution in [0.3, 0.4) is 0 Å². The van der Waals surface area contributed by atoms with Crippen molar-refractivity contribution in [1.82, 2.24) is 10.2 Å². The average molecular weight is 366 g/mol. The van der Waals surface area contributed by atoms with Crippen LogP contribution in [0.4, 0.5) is 0 Å². The van der Waals surface area contributed by atoms with E-state index >= 15 is 0 Å². The number of likely N-dealkylation sites (tertiary alicyclic amines) is 1. The molecule has 1 saturated heterocycles. The lowest BCUT2D eigenvalue weighted by Crippen LogP contribution is -2.25. The number of nitrogens with one attached hydrogen (secondary N) is 1. The van der Waals surface area contributed by atoms with Crippen molar-refractivity contribution in [2.24, 2.45) is 0 Å². The Bertz CT molecular complexity index is 804. The molecule has 27 heavy (non-hydrogen) atoms. The molecule has 5 heteroatoms. The van der Waals surface area contributed by atoms with E-state index in [4.69, 9.17) is 4.74 Å². The van der Waals surface area contributed by atoms with Crippen molar-refractivity contribution in [1.29, 1.82) is 0 Å². The van der Waals surface area contributed by atoms with Gasteiger partial charge in [-0.05, 0) is 42.2 Å². The molecule has 1 fully saturated rings. The normalized spacial score (nSPS) is 13.8. The monoisotopic (exact) mass is 366 g/mol. The van der Waals surface area contributed by atoms with E-state index in [1.807, 2.05) is 54.3 Å². The Morgan fingerprint density at radius 2 is 1.96 bits per heavy atom. The number of carbonyl (C=O) groups excluding carboxylic acids is 2. The van der Waals surface area contributed by atoms with Crippen LogP contribution in [0.15, 0.2) is 48.5 Å². The summed E-state index contributed by atoms with van der Waals surface area (Å²) in [6.07, 6.45) is 1.54. The van der Waals surface area contributed by atoms with Crippen LogP contribution in [0.5, 0.6) is 0 Å². The van der Waals surface area contributed by atoms with Gasteiger partial charge in [-0.1, -0.05) is 36.4 Å². The lowest BCUT2D eigenvalue weighted by atomic mass is 10.1. The molecule has 0 aliphatic carbocycles. The van der Waals surface area contributed by atoms with Crippen LogP contribution in [0.2, 0.25) is 0 Å². The highest BCUT2D eigenvalue weighted by atomic mass is 16.5. The summed E-state index contributed by atoms with van der Waals surface area (Å²) in [7, 11) is 0. The van der Waals surface area contributed by atoms with Gasteiger partial charge in [0.15, 0.2) is 0 Å². The second-order valence-electron chi connectivity index (χ2n) is 6.71. The number of rotatable bonds is 8. The summed E-state index contributed by atoms with van der Waals surface area (Å²) in [5.41, 5.74) is 3.73. The molecular weight excluding hydrogens is 340 g/mol. The molecule has 0 bridgehead atoms. The molecule has 1 aliphatic heterocycles. The molecule has 2 aromatic rings. The summed E-state index contributed by atoms with van der Waals surface area (Å²) in [6, 6.07) is 15.5. The van der Waals surface area contributed by atoms with E-state index in [1.165, 1.54) is 0 Å². The summed E-state index contributed by atoms with van der Waals surface area (Å²) >= 11 is 0. The Morgan fingerprint density at radius 3 is 2.70 bits per heavy atom. The van der Waals surface area contributed by atoms with Crippen molar-refractivity contribution in [2.45, 2.75) is 39.5 Å². The number of ether oxygens (including phenoxy) is 1. The van der Waals surface area contributed by atoms with Crippen molar-refractivity contribution in [2.75, 3.05) is 13.2 Å². The van der Waals surface area contributed by atoms with Crippen molar-refractivity contribution in [3.8, 4) is 0 Å². The van der Waals surface area contributed by atoms with Gasteiger partial charge in [0.2, 0.25) is 5.91 Å². The molecule has 5 nitrogen and oxygen atoms in total. The van der Waals surface area contributed by atoms with Gasteiger partial charge in [0.1, 0.15) is 0 Å². The Labute approximate surface area is 160 Å². The molecule has 2 aromatic carbocycles. The first kappa shape index (κ1) is 19.1. The van der Waals surface area contributed by atoms with Gasteiger partial charge < -0.3 is 15.0 Å². The quantitative estimate of drug-likeness (QED) is 0.780. The zero-order valence-corrected chi connectivity index (χ0v) is 15.7. The van der Waals surface area contributed by atoms with Gasteiger partial charge in [-0.2, -0.15) is 0 Å². The third-order valence-electron chi connectivity index (χ3n) is 4.75. The first-order valence-electron chi connectivity index (χ1n) is 9.47. The smallest absolute Gasteiger partial charge is 0.251 e. The molecule has 1 aliphatic rings. The first-order valence-corrected chi connectivity index (χ1v) is 9.47. The predicted molar refractivity (Wildman–Crippen MR) is 104 cm³/mol. The minimum atomic E-state index is -0.115. The summed E-state index contributed by atoms with van der Waals surface area (Å²) in [5.74, 6) is 0.0755. The molecule has 142 valence electrons. The fourth-order valence-electron chi connectivity index (χ4n) is 3.26. The number of hydrogen-bond donors (Lipinski definition) is 1. The molecule has 1 N–H and O–H groups in total. The maximum Gasteiger partial charge on any atom is 0.251 e. The van der Waals surface area contributed by atoms with Crippen LogP contribution in [-0.2, 0) is 29.2 Å². The Hall–Kier alpha value is -2.66.